The fraction of sp³-hybridized carbons (Fsp3) is 0.562. The molecule has 0 saturated carbocycles. The molecule has 0 saturated heterocycles. The van der Waals surface area contributed by atoms with Gasteiger partial charge in [-0.3, -0.25) is 0 Å². The van der Waals surface area contributed by atoms with Crippen molar-refractivity contribution in [2.45, 2.75) is 56.2 Å². The Morgan fingerprint density at radius 3 is 2.10 bits per heavy atom. The molecule has 0 bridgehead atoms. The number of carboxylic acids is 1. The Hall–Kier alpha value is -0.320. The Labute approximate surface area is 142 Å². The summed E-state index contributed by atoms with van der Waals surface area (Å²) in [5, 5.41) is 9.64. The van der Waals surface area contributed by atoms with E-state index in [1.54, 1.807) is 23.9 Å². The summed E-state index contributed by atoms with van der Waals surface area (Å²) in [7, 11) is 0. The van der Waals surface area contributed by atoms with Gasteiger partial charge in [0.1, 0.15) is 0 Å². The van der Waals surface area contributed by atoms with Crippen LogP contribution in [0.25, 0.3) is 0 Å². The quantitative estimate of drug-likeness (QED) is 0.453. The lowest BCUT2D eigenvalue weighted by atomic mass is 10.2. The molecular formula is C16H25ClO2S2. The zero-order valence-corrected chi connectivity index (χ0v) is 15.6. The van der Waals surface area contributed by atoms with Gasteiger partial charge in [-0.15, -0.1) is 23.5 Å². The van der Waals surface area contributed by atoms with E-state index in [0.717, 1.165) is 15.5 Å². The third kappa shape index (κ3) is 7.48. The van der Waals surface area contributed by atoms with Crippen molar-refractivity contribution >= 4 is 41.1 Å². The maximum atomic E-state index is 11.0. The van der Waals surface area contributed by atoms with E-state index in [4.69, 9.17) is 16.7 Å². The summed E-state index contributed by atoms with van der Waals surface area (Å²) in [4.78, 5) is 12.6. The van der Waals surface area contributed by atoms with Gasteiger partial charge in [0.05, 0.1) is 10.6 Å². The summed E-state index contributed by atoms with van der Waals surface area (Å²) in [5.41, 5.74) is 0.322. The van der Waals surface area contributed by atoms with E-state index in [1.807, 2.05) is 13.2 Å². The van der Waals surface area contributed by atoms with Crippen LogP contribution in [-0.2, 0) is 0 Å². The molecule has 0 atom stereocenters. The van der Waals surface area contributed by atoms with Crippen LogP contribution in [0.4, 0.5) is 0 Å². The van der Waals surface area contributed by atoms with E-state index in [-0.39, 0.29) is 0 Å². The first-order chi connectivity index (χ1) is 10.0. The van der Waals surface area contributed by atoms with Crippen molar-refractivity contribution in [3.05, 3.63) is 22.7 Å². The normalized spacial score (nSPS) is 9.95. The van der Waals surface area contributed by atoms with E-state index in [1.165, 1.54) is 37.4 Å². The van der Waals surface area contributed by atoms with Crippen LogP contribution in [0.3, 0.4) is 0 Å². The fourth-order valence-corrected chi connectivity index (χ4v) is 3.90. The van der Waals surface area contributed by atoms with Crippen molar-refractivity contribution in [1.82, 2.24) is 0 Å². The molecule has 1 aromatic rings. The summed E-state index contributed by atoms with van der Waals surface area (Å²) >= 11 is 9.02. The largest absolute Gasteiger partial charge is 0.478 e. The number of carbonyl (C=O) groups is 1. The van der Waals surface area contributed by atoms with Crippen molar-refractivity contribution in [3.8, 4) is 0 Å². The number of aromatic carboxylic acids is 1. The second-order valence-electron chi connectivity index (χ2n) is 4.40. The van der Waals surface area contributed by atoms with Gasteiger partial charge in [0.25, 0.3) is 0 Å². The van der Waals surface area contributed by atoms with Crippen LogP contribution in [0.1, 0.15) is 56.8 Å². The summed E-state index contributed by atoms with van der Waals surface area (Å²) in [5.74, 6) is -0.0370. The Kier molecular flexibility index (Phi) is 12.1. The monoisotopic (exact) mass is 348 g/mol. The molecule has 0 aliphatic rings. The number of rotatable bonds is 7. The Bertz CT molecular complexity index is 433. The van der Waals surface area contributed by atoms with Crippen molar-refractivity contribution in [1.29, 1.82) is 0 Å². The molecule has 2 nitrogen and oxygen atoms in total. The Balaban J connectivity index is 0.000000567. The first kappa shape index (κ1) is 20.7. The van der Waals surface area contributed by atoms with Crippen molar-refractivity contribution in [2.24, 2.45) is 0 Å². The number of hydrogen-bond donors (Lipinski definition) is 1. The van der Waals surface area contributed by atoms with Crippen LogP contribution in [0.2, 0.25) is 5.02 Å². The molecule has 21 heavy (non-hydrogen) atoms. The standard InChI is InChI=1S/C10H11ClO2S2.C6H14/c1-3-15-9-7(11)5-4-6(10(12)13)8(9)14-2;1-3-5-6-4-2/h4-5H,3H2,1-2H3,(H,12,13);3-6H2,1-2H3. The zero-order valence-electron chi connectivity index (χ0n) is 13.2. The van der Waals surface area contributed by atoms with Gasteiger partial charge in [-0.2, -0.15) is 0 Å². The molecule has 5 heteroatoms. The minimum absolute atomic E-state index is 0.322. The predicted octanol–water partition coefficient (Wildman–Crippen LogP) is 6.46. The summed E-state index contributed by atoms with van der Waals surface area (Å²) < 4.78 is 0. The number of benzene rings is 1. The lowest BCUT2D eigenvalue weighted by molar-refractivity contribution is 0.0692. The fourth-order valence-electron chi connectivity index (χ4n) is 1.69. The maximum absolute atomic E-state index is 11.0. The third-order valence-corrected chi connectivity index (χ3v) is 5.13. The molecular weight excluding hydrogens is 324 g/mol. The van der Waals surface area contributed by atoms with Gasteiger partial charge in [0, 0.05) is 9.79 Å². The average molecular weight is 349 g/mol. The van der Waals surface area contributed by atoms with Crippen LogP contribution in [0.5, 0.6) is 0 Å². The van der Waals surface area contributed by atoms with Gasteiger partial charge < -0.3 is 5.11 Å². The number of carboxylic acid groups (broad SMARTS) is 1. The smallest absolute Gasteiger partial charge is 0.336 e. The minimum atomic E-state index is -0.908. The predicted molar refractivity (Wildman–Crippen MR) is 96.4 cm³/mol. The Morgan fingerprint density at radius 2 is 1.71 bits per heavy atom. The van der Waals surface area contributed by atoms with Gasteiger partial charge in [-0.25, -0.2) is 4.79 Å². The highest BCUT2D eigenvalue weighted by atomic mass is 35.5. The number of thioether (sulfide) groups is 2. The van der Waals surface area contributed by atoms with E-state index in [2.05, 4.69) is 13.8 Å². The topological polar surface area (TPSA) is 37.3 Å². The molecule has 0 spiro atoms. The number of hydrogen-bond acceptors (Lipinski definition) is 3. The molecule has 0 amide bonds. The second-order valence-corrected chi connectivity index (χ2v) is 6.90. The summed E-state index contributed by atoms with van der Waals surface area (Å²) in [6, 6.07) is 3.19. The third-order valence-electron chi connectivity index (χ3n) is 2.74. The summed E-state index contributed by atoms with van der Waals surface area (Å²) in [6.45, 7) is 6.48. The maximum Gasteiger partial charge on any atom is 0.336 e. The van der Waals surface area contributed by atoms with Crippen molar-refractivity contribution in [3.63, 3.8) is 0 Å². The van der Waals surface area contributed by atoms with Crippen LogP contribution in [-0.4, -0.2) is 23.1 Å². The lowest BCUT2D eigenvalue weighted by Crippen LogP contribution is -2.00. The molecule has 0 aromatic heterocycles. The zero-order chi connectivity index (χ0) is 16.3. The van der Waals surface area contributed by atoms with Gasteiger partial charge in [-0.05, 0) is 24.1 Å². The molecule has 0 heterocycles. The van der Waals surface area contributed by atoms with Crippen LogP contribution < -0.4 is 0 Å². The minimum Gasteiger partial charge on any atom is -0.478 e. The first-order valence-corrected chi connectivity index (χ1v) is 9.84. The number of unbranched alkanes of at least 4 members (excludes halogenated alkanes) is 3. The molecule has 1 rings (SSSR count). The van der Waals surface area contributed by atoms with Gasteiger partial charge >= 0.3 is 5.97 Å². The van der Waals surface area contributed by atoms with E-state index < -0.39 is 5.97 Å². The van der Waals surface area contributed by atoms with E-state index in [0.29, 0.717) is 10.6 Å². The summed E-state index contributed by atoms with van der Waals surface area (Å²) in [6.07, 6.45) is 7.40. The van der Waals surface area contributed by atoms with Gasteiger partial charge in [0.15, 0.2) is 0 Å². The highest BCUT2D eigenvalue weighted by Crippen LogP contribution is 2.38. The SMILES string of the molecule is CCCCCC.CCSc1c(Cl)ccc(C(=O)O)c1SC. The number of halogens is 1. The molecule has 0 unspecified atom stereocenters. The van der Waals surface area contributed by atoms with Crippen LogP contribution >= 0.6 is 35.1 Å². The molecule has 1 N–H and O–H groups in total. The highest BCUT2D eigenvalue weighted by molar-refractivity contribution is 8.02. The first-order valence-electron chi connectivity index (χ1n) is 7.25. The molecule has 0 fully saturated rings. The van der Waals surface area contributed by atoms with E-state index in [9.17, 15) is 4.79 Å². The molecule has 1 aromatic carbocycles. The molecule has 120 valence electrons. The average Bonchev–Trinajstić information content (AvgIpc) is 2.47. The molecule has 0 aliphatic heterocycles. The van der Waals surface area contributed by atoms with Gasteiger partial charge in [-0.1, -0.05) is 58.1 Å². The molecule has 0 radical (unpaired) electrons. The second kappa shape index (κ2) is 12.2. The van der Waals surface area contributed by atoms with Crippen LogP contribution in [0, 0.1) is 0 Å². The highest BCUT2D eigenvalue weighted by Gasteiger charge is 2.16. The lowest BCUT2D eigenvalue weighted by Gasteiger charge is -2.10. The Morgan fingerprint density at radius 1 is 1.14 bits per heavy atom. The molecule has 0 aliphatic carbocycles. The van der Waals surface area contributed by atoms with Crippen molar-refractivity contribution in [2.75, 3.05) is 12.0 Å². The van der Waals surface area contributed by atoms with Gasteiger partial charge in [0.2, 0.25) is 0 Å². The van der Waals surface area contributed by atoms with Crippen molar-refractivity contribution < 1.29 is 9.90 Å². The van der Waals surface area contributed by atoms with Crippen LogP contribution in [0.15, 0.2) is 21.9 Å². The van der Waals surface area contributed by atoms with E-state index >= 15 is 0 Å².